The van der Waals surface area contributed by atoms with Crippen LogP contribution in [0.25, 0.3) is 22.3 Å². The highest BCUT2D eigenvalue weighted by atomic mass is 35.5. The maximum absolute atomic E-state index is 12.9. The normalized spacial score (nSPS) is 11.1. The monoisotopic (exact) mass is 622 g/mol. The van der Waals surface area contributed by atoms with Crippen molar-refractivity contribution in [2.45, 2.75) is 110 Å². The summed E-state index contributed by atoms with van der Waals surface area (Å²) in [6.07, 6.45) is 19.4. The first kappa shape index (κ1) is 34.5. The van der Waals surface area contributed by atoms with Crippen molar-refractivity contribution in [3.63, 3.8) is 0 Å². The average Bonchev–Trinajstić information content (AvgIpc) is 3.07. The second-order valence-corrected chi connectivity index (χ2v) is 12.8. The number of carbonyl (C=O) groups excluding carboxylic acids is 1. The third kappa shape index (κ3) is 11.5. The lowest BCUT2D eigenvalue weighted by atomic mass is 10.00. The predicted octanol–water partition coefficient (Wildman–Crippen LogP) is 13.1. The molecule has 0 fully saturated rings. The molecule has 0 amide bonds. The molecule has 0 heterocycles. The largest absolute Gasteiger partial charge is 0.423 e. The van der Waals surface area contributed by atoms with E-state index < -0.39 is 5.97 Å². The molecule has 0 aliphatic carbocycles. The van der Waals surface area contributed by atoms with Crippen LogP contribution in [0.2, 0.25) is 5.02 Å². The zero-order valence-electron chi connectivity index (χ0n) is 27.5. The standard InChI is InChI=1S/C42H51ClO2/c1-3-5-7-9-11-13-15-17-34-20-24-37(25-21-34)40-31-28-38(32-41(40)43)42(44)45-39-29-26-36(27-30-39)35-22-18-33(19-23-35)16-14-12-10-8-6-4-2/h18-32H,3-17H2,1-2H3. The summed E-state index contributed by atoms with van der Waals surface area (Å²) in [6.45, 7) is 4.52. The van der Waals surface area contributed by atoms with Crippen LogP contribution in [0.5, 0.6) is 5.75 Å². The molecule has 4 aromatic carbocycles. The van der Waals surface area contributed by atoms with Crippen molar-refractivity contribution in [3.8, 4) is 28.0 Å². The van der Waals surface area contributed by atoms with Crippen LogP contribution in [-0.4, -0.2) is 5.97 Å². The van der Waals surface area contributed by atoms with Crippen molar-refractivity contribution < 1.29 is 9.53 Å². The van der Waals surface area contributed by atoms with Crippen LogP contribution in [0.4, 0.5) is 0 Å². The van der Waals surface area contributed by atoms with Gasteiger partial charge in [-0.2, -0.15) is 0 Å². The van der Waals surface area contributed by atoms with E-state index in [9.17, 15) is 4.79 Å². The third-order valence-corrected chi connectivity index (χ3v) is 9.02. The summed E-state index contributed by atoms with van der Waals surface area (Å²) in [6, 6.07) is 30.6. The van der Waals surface area contributed by atoms with E-state index in [-0.39, 0.29) is 0 Å². The number of hydrogen-bond acceptors (Lipinski definition) is 2. The van der Waals surface area contributed by atoms with Gasteiger partial charge in [-0.25, -0.2) is 4.79 Å². The lowest BCUT2D eigenvalue weighted by Crippen LogP contribution is -2.08. The molecule has 0 unspecified atom stereocenters. The molecule has 0 spiro atoms. The smallest absolute Gasteiger partial charge is 0.343 e. The molecule has 238 valence electrons. The topological polar surface area (TPSA) is 26.3 Å². The molecule has 0 N–H and O–H groups in total. The first-order valence-corrected chi connectivity index (χ1v) is 17.8. The number of ether oxygens (including phenoxy) is 1. The minimum absolute atomic E-state index is 0.416. The van der Waals surface area contributed by atoms with Gasteiger partial charge in [0.2, 0.25) is 0 Å². The SMILES string of the molecule is CCCCCCCCCc1ccc(-c2ccc(C(=O)Oc3ccc(-c4ccc(CCCCCCCC)cc4)cc3)cc2Cl)cc1. The molecular formula is C42H51ClO2. The summed E-state index contributed by atoms with van der Waals surface area (Å²) in [4.78, 5) is 12.9. The van der Waals surface area contributed by atoms with Gasteiger partial charge < -0.3 is 4.74 Å². The van der Waals surface area contributed by atoms with Crippen LogP contribution in [0, 0.1) is 0 Å². The first-order valence-electron chi connectivity index (χ1n) is 17.4. The van der Waals surface area contributed by atoms with Gasteiger partial charge in [-0.05, 0) is 77.8 Å². The summed E-state index contributed by atoms with van der Waals surface area (Å²) in [5.74, 6) is 0.0977. The number of halogens is 1. The van der Waals surface area contributed by atoms with E-state index >= 15 is 0 Å². The molecule has 0 aromatic heterocycles. The third-order valence-electron chi connectivity index (χ3n) is 8.71. The van der Waals surface area contributed by atoms with Crippen molar-refractivity contribution in [2.75, 3.05) is 0 Å². The van der Waals surface area contributed by atoms with Gasteiger partial charge in [0.1, 0.15) is 5.75 Å². The lowest BCUT2D eigenvalue weighted by Gasteiger charge is -2.10. The van der Waals surface area contributed by atoms with E-state index in [1.165, 1.54) is 94.6 Å². The molecule has 45 heavy (non-hydrogen) atoms. The van der Waals surface area contributed by atoms with Gasteiger partial charge in [-0.1, -0.05) is 163 Å². The Bertz CT molecular complexity index is 1420. The quantitative estimate of drug-likeness (QED) is 0.0590. The zero-order chi connectivity index (χ0) is 31.7. The van der Waals surface area contributed by atoms with Gasteiger partial charge >= 0.3 is 5.97 Å². The molecule has 0 aliphatic rings. The van der Waals surface area contributed by atoms with Crippen LogP contribution in [0.1, 0.15) is 119 Å². The second kappa shape index (κ2) is 19.2. The summed E-state index contributed by atoms with van der Waals surface area (Å²) in [5.41, 5.74) is 7.40. The molecule has 4 aromatic rings. The Balaban J connectivity index is 1.25. The van der Waals surface area contributed by atoms with Gasteiger partial charge in [0.25, 0.3) is 0 Å². The maximum Gasteiger partial charge on any atom is 0.343 e. The molecule has 0 saturated heterocycles. The number of hydrogen-bond donors (Lipinski definition) is 0. The summed E-state index contributed by atoms with van der Waals surface area (Å²) < 4.78 is 5.68. The highest BCUT2D eigenvalue weighted by Crippen LogP contribution is 2.30. The molecule has 0 bridgehead atoms. The molecule has 0 aliphatic heterocycles. The number of unbranched alkanes of at least 4 members (excludes halogenated alkanes) is 11. The van der Waals surface area contributed by atoms with Crippen LogP contribution < -0.4 is 4.74 Å². The molecular weight excluding hydrogens is 572 g/mol. The highest BCUT2D eigenvalue weighted by molar-refractivity contribution is 6.33. The van der Waals surface area contributed by atoms with Crippen molar-refractivity contribution in [3.05, 3.63) is 113 Å². The molecule has 0 saturated carbocycles. The Kier molecular flexibility index (Phi) is 14.7. The van der Waals surface area contributed by atoms with Gasteiger partial charge in [0.15, 0.2) is 0 Å². The Morgan fingerprint density at radius 1 is 0.533 bits per heavy atom. The minimum atomic E-state index is -0.416. The van der Waals surface area contributed by atoms with Gasteiger partial charge in [0.05, 0.1) is 5.56 Å². The van der Waals surface area contributed by atoms with E-state index in [0.717, 1.165) is 35.1 Å². The van der Waals surface area contributed by atoms with Gasteiger partial charge in [-0.3, -0.25) is 0 Å². The predicted molar refractivity (Wildman–Crippen MR) is 193 cm³/mol. The molecule has 0 radical (unpaired) electrons. The minimum Gasteiger partial charge on any atom is -0.423 e. The second-order valence-electron chi connectivity index (χ2n) is 12.4. The average molecular weight is 623 g/mol. The number of aryl methyl sites for hydroxylation is 2. The number of carbonyl (C=O) groups is 1. The highest BCUT2D eigenvalue weighted by Gasteiger charge is 2.13. The first-order chi connectivity index (χ1) is 22.1. The van der Waals surface area contributed by atoms with E-state index in [1.807, 2.05) is 30.3 Å². The van der Waals surface area contributed by atoms with Crippen molar-refractivity contribution in [1.82, 2.24) is 0 Å². The Labute approximate surface area is 277 Å². The zero-order valence-corrected chi connectivity index (χ0v) is 28.2. The van der Waals surface area contributed by atoms with Crippen LogP contribution >= 0.6 is 11.6 Å². The van der Waals surface area contributed by atoms with Crippen LogP contribution in [0.3, 0.4) is 0 Å². The Morgan fingerprint density at radius 3 is 1.47 bits per heavy atom. The fourth-order valence-electron chi connectivity index (χ4n) is 5.87. The summed E-state index contributed by atoms with van der Waals surface area (Å²) in [7, 11) is 0. The molecule has 0 atom stereocenters. The van der Waals surface area contributed by atoms with Crippen molar-refractivity contribution in [1.29, 1.82) is 0 Å². The fraction of sp³-hybridized carbons (Fsp3) is 0.405. The van der Waals surface area contributed by atoms with Crippen molar-refractivity contribution in [2.24, 2.45) is 0 Å². The van der Waals surface area contributed by atoms with Crippen LogP contribution in [0.15, 0.2) is 91.0 Å². The number of benzene rings is 4. The fourth-order valence-corrected chi connectivity index (χ4v) is 6.16. The molecule has 4 rings (SSSR count). The lowest BCUT2D eigenvalue weighted by molar-refractivity contribution is 0.0735. The number of rotatable bonds is 19. The Hall–Kier alpha value is -3.36. The van der Waals surface area contributed by atoms with Crippen LogP contribution in [-0.2, 0) is 12.8 Å². The van der Waals surface area contributed by atoms with E-state index in [2.05, 4.69) is 62.4 Å². The van der Waals surface area contributed by atoms with Gasteiger partial charge in [0, 0.05) is 10.6 Å². The molecule has 2 nitrogen and oxygen atoms in total. The summed E-state index contributed by atoms with van der Waals surface area (Å²) in [5, 5.41) is 0.541. The van der Waals surface area contributed by atoms with E-state index in [0.29, 0.717) is 16.3 Å². The van der Waals surface area contributed by atoms with Crippen molar-refractivity contribution >= 4 is 17.6 Å². The molecule has 3 heteroatoms. The van der Waals surface area contributed by atoms with Gasteiger partial charge in [-0.15, -0.1) is 0 Å². The summed E-state index contributed by atoms with van der Waals surface area (Å²) >= 11 is 6.65. The Morgan fingerprint density at radius 2 is 0.978 bits per heavy atom. The van der Waals surface area contributed by atoms with E-state index in [1.54, 1.807) is 12.1 Å². The van der Waals surface area contributed by atoms with E-state index in [4.69, 9.17) is 16.3 Å². The number of esters is 1. The maximum atomic E-state index is 12.9.